The average Bonchev–Trinajstić information content (AvgIpc) is 2.85. The highest BCUT2D eigenvalue weighted by atomic mass is 35.5. The minimum absolute atomic E-state index is 0.124. The molecule has 0 saturated carbocycles. The molecule has 1 aliphatic heterocycles. The summed E-state index contributed by atoms with van der Waals surface area (Å²) in [5.41, 5.74) is 3.26. The molecule has 1 saturated heterocycles. The Morgan fingerprint density at radius 1 is 1.14 bits per heavy atom. The van der Waals surface area contributed by atoms with Gasteiger partial charge in [0.25, 0.3) is 0 Å². The maximum absolute atomic E-state index is 14.8. The van der Waals surface area contributed by atoms with Crippen molar-refractivity contribution in [3.05, 3.63) is 81.0 Å². The van der Waals surface area contributed by atoms with E-state index in [0.29, 0.717) is 34.1 Å². The third-order valence-electron chi connectivity index (χ3n) is 6.82. The summed E-state index contributed by atoms with van der Waals surface area (Å²) in [5, 5.41) is 4.34. The van der Waals surface area contributed by atoms with Gasteiger partial charge in [0, 0.05) is 31.2 Å². The lowest BCUT2D eigenvalue weighted by Gasteiger charge is -2.35. The van der Waals surface area contributed by atoms with Gasteiger partial charge < -0.3 is 10.2 Å². The Hall–Kier alpha value is -3.29. The van der Waals surface area contributed by atoms with Crippen LogP contribution < -0.4 is 15.9 Å². The second-order valence-corrected chi connectivity index (χ2v) is 10.0. The summed E-state index contributed by atoms with van der Waals surface area (Å²) in [4.78, 5) is 25.4. The number of fused-ring (bicyclic) bond motifs is 1. The molecular formula is C28H29ClFN5O. The summed E-state index contributed by atoms with van der Waals surface area (Å²) < 4.78 is 16.4. The number of para-hydroxylation sites is 1. The summed E-state index contributed by atoms with van der Waals surface area (Å²) in [6.07, 6.45) is 0. The Morgan fingerprint density at radius 2 is 1.92 bits per heavy atom. The highest BCUT2D eigenvalue weighted by Gasteiger charge is 2.27. The molecule has 1 atom stereocenters. The SMILES string of the molecule is Cc1cccc(C(C)C)c1-n1c(=O)nc(N2CCNC[C@@H]2C)c2cc(Cl)c(-c3ccccc3F)nc21. The Kier molecular flexibility index (Phi) is 6.53. The van der Waals surface area contributed by atoms with Gasteiger partial charge in [0.2, 0.25) is 0 Å². The normalized spacial score (nSPS) is 16.2. The van der Waals surface area contributed by atoms with Crippen molar-refractivity contribution in [3.8, 4) is 16.9 Å². The Morgan fingerprint density at radius 3 is 2.64 bits per heavy atom. The van der Waals surface area contributed by atoms with Crippen LogP contribution in [0.3, 0.4) is 0 Å². The number of pyridine rings is 1. The molecule has 0 amide bonds. The largest absolute Gasteiger partial charge is 0.355 e. The molecule has 6 nitrogen and oxygen atoms in total. The fourth-order valence-electron chi connectivity index (χ4n) is 4.98. The minimum Gasteiger partial charge on any atom is -0.351 e. The molecule has 0 radical (unpaired) electrons. The average molecular weight is 506 g/mol. The maximum Gasteiger partial charge on any atom is 0.355 e. The van der Waals surface area contributed by atoms with E-state index in [1.807, 2.05) is 25.1 Å². The molecule has 186 valence electrons. The van der Waals surface area contributed by atoms with Gasteiger partial charge in [-0.3, -0.25) is 0 Å². The number of nitrogens with one attached hydrogen (secondary N) is 1. The van der Waals surface area contributed by atoms with E-state index in [1.165, 1.54) is 6.07 Å². The monoisotopic (exact) mass is 505 g/mol. The molecule has 0 spiro atoms. The fourth-order valence-corrected chi connectivity index (χ4v) is 5.23. The number of hydrogen-bond donors (Lipinski definition) is 1. The van der Waals surface area contributed by atoms with Crippen LogP contribution in [0.15, 0.2) is 53.3 Å². The maximum atomic E-state index is 14.8. The van der Waals surface area contributed by atoms with Crippen LogP contribution in [-0.4, -0.2) is 40.2 Å². The van der Waals surface area contributed by atoms with Crippen LogP contribution in [0.1, 0.15) is 37.8 Å². The number of aryl methyl sites for hydroxylation is 1. The van der Waals surface area contributed by atoms with Gasteiger partial charge in [-0.1, -0.05) is 55.8 Å². The molecule has 1 fully saturated rings. The lowest BCUT2D eigenvalue weighted by molar-refractivity contribution is 0.497. The first kappa shape index (κ1) is 24.4. The summed E-state index contributed by atoms with van der Waals surface area (Å²) in [5.74, 6) is 0.284. The van der Waals surface area contributed by atoms with Crippen LogP contribution in [-0.2, 0) is 0 Å². The number of rotatable bonds is 4. The van der Waals surface area contributed by atoms with Gasteiger partial charge in [0.15, 0.2) is 5.65 Å². The van der Waals surface area contributed by atoms with Gasteiger partial charge in [-0.05, 0) is 49.1 Å². The zero-order valence-corrected chi connectivity index (χ0v) is 21.6. The molecule has 2 aromatic carbocycles. The summed E-state index contributed by atoms with van der Waals surface area (Å²) in [7, 11) is 0. The topological polar surface area (TPSA) is 63.1 Å². The predicted octanol–water partition coefficient (Wildman–Crippen LogP) is 5.47. The smallest absolute Gasteiger partial charge is 0.351 e. The molecule has 2 aromatic heterocycles. The second kappa shape index (κ2) is 9.64. The number of halogens is 2. The van der Waals surface area contributed by atoms with Crippen molar-refractivity contribution in [1.82, 2.24) is 19.9 Å². The van der Waals surface area contributed by atoms with E-state index in [2.05, 4.69) is 36.0 Å². The molecule has 0 bridgehead atoms. The van der Waals surface area contributed by atoms with Crippen molar-refractivity contribution in [2.75, 3.05) is 24.5 Å². The Labute approximate surface area is 214 Å². The van der Waals surface area contributed by atoms with Crippen LogP contribution in [0.2, 0.25) is 5.02 Å². The first-order valence-electron chi connectivity index (χ1n) is 12.2. The van der Waals surface area contributed by atoms with Crippen molar-refractivity contribution < 1.29 is 4.39 Å². The van der Waals surface area contributed by atoms with E-state index in [1.54, 1.807) is 28.8 Å². The minimum atomic E-state index is -0.427. The van der Waals surface area contributed by atoms with Gasteiger partial charge in [-0.2, -0.15) is 4.98 Å². The van der Waals surface area contributed by atoms with E-state index in [4.69, 9.17) is 16.6 Å². The lowest BCUT2D eigenvalue weighted by atomic mass is 9.98. The molecule has 1 aliphatic rings. The number of aromatic nitrogens is 3. The fraction of sp³-hybridized carbons (Fsp3) is 0.321. The molecule has 8 heteroatoms. The molecule has 5 rings (SSSR count). The Balaban J connectivity index is 1.90. The van der Waals surface area contributed by atoms with Crippen LogP contribution in [0, 0.1) is 12.7 Å². The van der Waals surface area contributed by atoms with Gasteiger partial charge in [-0.25, -0.2) is 18.7 Å². The number of anilines is 1. The number of piperazine rings is 1. The van der Waals surface area contributed by atoms with Crippen molar-refractivity contribution in [1.29, 1.82) is 0 Å². The van der Waals surface area contributed by atoms with Gasteiger partial charge in [0.05, 0.1) is 21.8 Å². The molecule has 1 N–H and O–H groups in total. The quantitative estimate of drug-likeness (QED) is 0.398. The van der Waals surface area contributed by atoms with Gasteiger partial charge in [0.1, 0.15) is 11.6 Å². The summed E-state index contributed by atoms with van der Waals surface area (Å²) in [6.45, 7) is 10.5. The lowest BCUT2D eigenvalue weighted by Crippen LogP contribution is -2.50. The highest BCUT2D eigenvalue weighted by Crippen LogP contribution is 2.36. The summed E-state index contributed by atoms with van der Waals surface area (Å²) >= 11 is 6.73. The molecule has 3 heterocycles. The molecule has 0 aliphatic carbocycles. The summed E-state index contributed by atoms with van der Waals surface area (Å²) in [6, 6.07) is 14.3. The van der Waals surface area contributed by atoms with Crippen molar-refractivity contribution >= 4 is 28.5 Å². The molecular weight excluding hydrogens is 477 g/mol. The third kappa shape index (κ3) is 4.16. The van der Waals surface area contributed by atoms with E-state index >= 15 is 0 Å². The van der Waals surface area contributed by atoms with Crippen molar-refractivity contribution in [2.24, 2.45) is 0 Å². The zero-order valence-electron chi connectivity index (χ0n) is 20.8. The zero-order chi connectivity index (χ0) is 25.6. The highest BCUT2D eigenvalue weighted by molar-refractivity contribution is 6.33. The van der Waals surface area contributed by atoms with Crippen LogP contribution in [0.4, 0.5) is 10.2 Å². The third-order valence-corrected chi connectivity index (χ3v) is 7.11. The van der Waals surface area contributed by atoms with E-state index in [0.717, 1.165) is 29.9 Å². The van der Waals surface area contributed by atoms with Crippen molar-refractivity contribution in [2.45, 2.75) is 39.7 Å². The predicted molar refractivity (Wildman–Crippen MR) is 144 cm³/mol. The van der Waals surface area contributed by atoms with E-state index < -0.39 is 11.5 Å². The van der Waals surface area contributed by atoms with E-state index in [-0.39, 0.29) is 17.5 Å². The molecule has 0 unspecified atom stereocenters. The molecule has 36 heavy (non-hydrogen) atoms. The van der Waals surface area contributed by atoms with Crippen molar-refractivity contribution in [3.63, 3.8) is 0 Å². The van der Waals surface area contributed by atoms with Crippen LogP contribution in [0.5, 0.6) is 0 Å². The Bertz CT molecular complexity index is 1520. The second-order valence-electron chi connectivity index (χ2n) is 9.64. The van der Waals surface area contributed by atoms with Crippen LogP contribution >= 0.6 is 11.6 Å². The number of nitrogens with zero attached hydrogens (tertiary/aromatic N) is 4. The molecule has 4 aromatic rings. The van der Waals surface area contributed by atoms with E-state index in [9.17, 15) is 9.18 Å². The number of benzene rings is 2. The van der Waals surface area contributed by atoms with Crippen LogP contribution in [0.25, 0.3) is 28.0 Å². The number of hydrogen-bond acceptors (Lipinski definition) is 5. The first-order chi connectivity index (χ1) is 17.3. The first-order valence-corrected chi connectivity index (χ1v) is 12.6. The standard InChI is InChI=1S/C28H29ClFN5O/c1-16(2)19-10-7-8-17(3)25(19)35-27-21(26(33-28(35)36)34-13-12-31-15-18(34)4)14-22(29)24(32-27)20-9-5-6-11-23(20)30/h5-11,14,16,18,31H,12-13,15H2,1-4H3/t18-/m0/s1. The van der Waals surface area contributed by atoms with Gasteiger partial charge in [-0.15, -0.1) is 0 Å². The van der Waals surface area contributed by atoms with Gasteiger partial charge >= 0.3 is 5.69 Å².